The standard InChI is InChI=1S/C18H14F2N2O3/c1-24-15-8-11-14(9-16(15)25-2)21-17(22-18(11)23)6-4-10-3-5-12(19)13(20)7-10/h3-9H,1-2H3,(H,21,22,23)/b6-4+. The Morgan fingerprint density at radius 2 is 1.72 bits per heavy atom. The molecule has 0 bridgehead atoms. The fourth-order valence-electron chi connectivity index (χ4n) is 2.35. The summed E-state index contributed by atoms with van der Waals surface area (Å²) in [6.07, 6.45) is 3.03. The highest BCUT2D eigenvalue weighted by Gasteiger charge is 2.10. The molecule has 3 rings (SSSR count). The summed E-state index contributed by atoms with van der Waals surface area (Å²) in [5, 5.41) is 0.350. The summed E-state index contributed by atoms with van der Waals surface area (Å²) in [5.74, 6) is -0.722. The van der Waals surface area contributed by atoms with Crippen molar-refractivity contribution in [2.24, 2.45) is 0 Å². The molecule has 5 nitrogen and oxygen atoms in total. The van der Waals surface area contributed by atoms with Crippen molar-refractivity contribution in [3.8, 4) is 11.5 Å². The molecule has 3 aromatic rings. The Hall–Kier alpha value is -3.22. The second-order valence-electron chi connectivity index (χ2n) is 5.18. The van der Waals surface area contributed by atoms with E-state index >= 15 is 0 Å². The fraction of sp³-hybridized carbons (Fsp3) is 0.111. The molecule has 25 heavy (non-hydrogen) atoms. The Kier molecular flexibility index (Phi) is 4.47. The first-order chi connectivity index (χ1) is 12.0. The number of rotatable bonds is 4. The zero-order valence-electron chi connectivity index (χ0n) is 13.5. The predicted molar refractivity (Wildman–Crippen MR) is 90.8 cm³/mol. The number of benzene rings is 2. The molecule has 0 fully saturated rings. The molecule has 0 aliphatic carbocycles. The molecule has 0 radical (unpaired) electrons. The average molecular weight is 344 g/mol. The number of nitrogens with zero attached hydrogens (tertiary/aromatic N) is 1. The van der Waals surface area contributed by atoms with Gasteiger partial charge >= 0.3 is 0 Å². The van der Waals surface area contributed by atoms with E-state index in [9.17, 15) is 13.6 Å². The van der Waals surface area contributed by atoms with E-state index in [0.717, 1.165) is 12.1 Å². The van der Waals surface area contributed by atoms with Crippen molar-refractivity contribution in [1.82, 2.24) is 9.97 Å². The molecule has 0 atom stereocenters. The SMILES string of the molecule is COc1cc2nc(/C=C/c3ccc(F)c(F)c3)[nH]c(=O)c2cc1OC. The summed E-state index contributed by atoms with van der Waals surface area (Å²) in [4.78, 5) is 19.2. The van der Waals surface area contributed by atoms with Gasteiger partial charge in [0.2, 0.25) is 0 Å². The minimum absolute atomic E-state index is 0.273. The van der Waals surface area contributed by atoms with Gasteiger partial charge in [-0.2, -0.15) is 0 Å². The lowest BCUT2D eigenvalue weighted by Crippen LogP contribution is -2.10. The van der Waals surface area contributed by atoms with E-state index in [-0.39, 0.29) is 11.4 Å². The Morgan fingerprint density at radius 3 is 2.40 bits per heavy atom. The maximum Gasteiger partial charge on any atom is 0.259 e. The normalized spacial score (nSPS) is 11.2. The van der Waals surface area contributed by atoms with Crippen LogP contribution in [0.2, 0.25) is 0 Å². The summed E-state index contributed by atoms with van der Waals surface area (Å²) < 4.78 is 36.5. The summed E-state index contributed by atoms with van der Waals surface area (Å²) in [7, 11) is 2.96. The van der Waals surface area contributed by atoms with Gasteiger partial charge < -0.3 is 14.5 Å². The van der Waals surface area contributed by atoms with E-state index in [1.165, 1.54) is 32.4 Å². The minimum atomic E-state index is -0.945. The lowest BCUT2D eigenvalue weighted by molar-refractivity contribution is 0.355. The topological polar surface area (TPSA) is 64.2 Å². The Bertz CT molecular complexity index is 1030. The van der Waals surface area contributed by atoms with Crippen molar-refractivity contribution >= 4 is 23.1 Å². The smallest absolute Gasteiger partial charge is 0.259 e. The van der Waals surface area contributed by atoms with E-state index in [1.807, 2.05) is 0 Å². The minimum Gasteiger partial charge on any atom is -0.493 e. The van der Waals surface area contributed by atoms with Crippen LogP contribution in [0.3, 0.4) is 0 Å². The molecule has 2 aromatic carbocycles. The Morgan fingerprint density at radius 1 is 1.00 bits per heavy atom. The summed E-state index contributed by atoms with van der Waals surface area (Å²) in [6.45, 7) is 0. The molecule has 1 aromatic heterocycles. The van der Waals surface area contributed by atoms with Crippen molar-refractivity contribution in [2.75, 3.05) is 14.2 Å². The first-order valence-corrected chi connectivity index (χ1v) is 7.31. The molecule has 1 N–H and O–H groups in total. The van der Waals surface area contributed by atoms with Gasteiger partial charge in [0.25, 0.3) is 5.56 Å². The van der Waals surface area contributed by atoms with Gasteiger partial charge in [0, 0.05) is 6.07 Å². The molecule has 0 saturated carbocycles. The quantitative estimate of drug-likeness (QED) is 0.788. The molecule has 128 valence electrons. The number of hydrogen-bond acceptors (Lipinski definition) is 4. The van der Waals surface area contributed by atoms with E-state index < -0.39 is 11.6 Å². The molecule has 0 saturated heterocycles. The summed E-state index contributed by atoms with van der Waals surface area (Å²) in [5.41, 5.74) is 0.510. The van der Waals surface area contributed by atoms with Gasteiger partial charge in [-0.3, -0.25) is 4.79 Å². The van der Waals surface area contributed by atoms with Crippen LogP contribution in [0.5, 0.6) is 11.5 Å². The maximum absolute atomic E-state index is 13.2. The first-order valence-electron chi connectivity index (χ1n) is 7.31. The van der Waals surface area contributed by atoms with Crippen LogP contribution >= 0.6 is 0 Å². The van der Waals surface area contributed by atoms with Crippen molar-refractivity contribution in [3.05, 3.63) is 63.7 Å². The average Bonchev–Trinajstić information content (AvgIpc) is 2.61. The van der Waals surface area contributed by atoms with Crippen LogP contribution in [0, 0.1) is 11.6 Å². The number of halogens is 2. The Balaban J connectivity index is 2.03. The third kappa shape index (κ3) is 3.35. The van der Waals surface area contributed by atoms with Crippen molar-refractivity contribution < 1.29 is 18.3 Å². The van der Waals surface area contributed by atoms with Crippen LogP contribution in [0.15, 0.2) is 35.1 Å². The van der Waals surface area contributed by atoms with E-state index in [1.54, 1.807) is 12.1 Å². The van der Waals surface area contributed by atoms with Gasteiger partial charge in [-0.25, -0.2) is 13.8 Å². The molecule has 1 heterocycles. The first kappa shape index (κ1) is 16.6. The molecule has 0 aliphatic heterocycles. The Labute approximate surface area is 141 Å². The zero-order chi connectivity index (χ0) is 18.0. The number of H-pyrrole nitrogens is 1. The predicted octanol–water partition coefficient (Wildman–Crippen LogP) is 3.39. The maximum atomic E-state index is 13.2. The van der Waals surface area contributed by atoms with Crippen molar-refractivity contribution in [3.63, 3.8) is 0 Å². The third-order valence-corrected chi connectivity index (χ3v) is 3.61. The zero-order valence-corrected chi connectivity index (χ0v) is 13.5. The lowest BCUT2D eigenvalue weighted by atomic mass is 10.2. The van der Waals surface area contributed by atoms with Gasteiger partial charge in [0.05, 0.1) is 25.1 Å². The highest BCUT2D eigenvalue weighted by molar-refractivity contribution is 5.83. The molecule has 0 spiro atoms. The van der Waals surface area contributed by atoms with Gasteiger partial charge in [-0.15, -0.1) is 0 Å². The number of aromatic amines is 1. The van der Waals surface area contributed by atoms with Crippen molar-refractivity contribution in [1.29, 1.82) is 0 Å². The van der Waals surface area contributed by atoms with Gasteiger partial charge in [-0.05, 0) is 29.8 Å². The number of methoxy groups -OCH3 is 2. The molecular formula is C18H14F2N2O3. The number of ether oxygens (including phenoxy) is 2. The van der Waals surface area contributed by atoms with Crippen LogP contribution in [-0.2, 0) is 0 Å². The van der Waals surface area contributed by atoms with Gasteiger partial charge in [-0.1, -0.05) is 12.1 Å². The number of hydrogen-bond donors (Lipinski definition) is 1. The van der Waals surface area contributed by atoms with Crippen LogP contribution in [0.1, 0.15) is 11.4 Å². The van der Waals surface area contributed by atoms with Crippen LogP contribution in [0.25, 0.3) is 23.1 Å². The molecular weight excluding hydrogens is 330 g/mol. The number of fused-ring (bicyclic) bond motifs is 1. The molecule has 7 heteroatoms. The highest BCUT2D eigenvalue weighted by atomic mass is 19.2. The largest absolute Gasteiger partial charge is 0.493 e. The third-order valence-electron chi connectivity index (χ3n) is 3.61. The monoisotopic (exact) mass is 344 g/mol. The highest BCUT2D eigenvalue weighted by Crippen LogP contribution is 2.29. The number of aromatic nitrogens is 2. The van der Waals surface area contributed by atoms with Gasteiger partial charge in [0.15, 0.2) is 23.1 Å². The fourth-order valence-corrected chi connectivity index (χ4v) is 2.35. The summed E-state index contributed by atoms with van der Waals surface area (Å²) in [6, 6.07) is 6.64. The second kappa shape index (κ2) is 6.72. The summed E-state index contributed by atoms with van der Waals surface area (Å²) >= 11 is 0. The second-order valence-corrected chi connectivity index (χ2v) is 5.18. The van der Waals surface area contributed by atoms with Crippen LogP contribution in [0.4, 0.5) is 8.78 Å². The van der Waals surface area contributed by atoms with Crippen LogP contribution in [-0.4, -0.2) is 24.2 Å². The molecule has 0 unspecified atom stereocenters. The van der Waals surface area contributed by atoms with E-state index in [2.05, 4.69) is 9.97 Å². The van der Waals surface area contributed by atoms with E-state index in [0.29, 0.717) is 28.0 Å². The van der Waals surface area contributed by atoms with Crippen molar-refractivity contribution in [2.45, 2.75) is 0 Å². The van der Waals surface area contributed by atoms with Gasteiger partial charge in [0.1, 0.15) is 5.82 Å². The molecule has 0 amide bonds. The lowest BCUT2D eigenvalue weighted by Gasteiger charge is -2.08. The number of nitrogens with one attached hydrogen (secondary N) is 1. The van der Waals surface area contributed by atoms with E-state index in [4.69, 9.17) is 9.47 Å². The molecule has 0 aliphatic rings. The van der Waals surface area contributed by atoms with Crippen LogP contribution < -0.4 is 15.0 Å².